The molecule has 1 unspecified atom stereocenters. The molecule has 0 fully saturated rings. The SMILES string of the molecule is C=CC[NH+](C)[C@@H]1Cc2cc(O)c(Cl)cc2[C@H]1c1ccccc1.[Cl-]. The van der Waals surface area contributed by atoms with Gasteiger partial charge >= 0.3 is 0 Å². The van der Waals surface area contributed by atoms with Crippen molar-refractivity contribution in [3.05, 3.63) is 76.8 Å². The van der Waals surface area contributed by atoms with Gasteiger partial charge in [-0.05, 0) is 34.9 Å². The van der Waals surface area contributed by atoms with Crippen molar-refractivity contribution < 1.29 is 22.4 Å². The monoisotopic (exact) mass is 349 g/mol. The first kappa shape index (κ1) is 17.9. The quantitative estimate of drug-likeness (QED) is 0.734. The number of halogens is 2. The predicted molar refractivity (Wildman–Crippen MR) is 90.8 cm³/mol. The fraction of sp³-hybridized carbons (Fsp3) is 0.263. The second-order valence-electron chi connectivity index (χ2n) is 6.04. The number of hydrogen-bond donors (Lipinski definition) is 2. The molecule has 0 bridgehead atoms. The number of quaternary nitrogens is 1. The van der Waals surface area contributed by atoms with Crippen molar-refractivity contribution in [2.24, 2.45) is 0 Å². The van der Waals surface area contributed by atoms with Crippen molar-refractivity contribution in [3.63, 3.8) is 0 Å². The summed E-state index contributed by atoms with van der Waals surface area (Å²) >= 11 is 6.16. The van der Waals surface area contributed by atoms with Crippen LogP contribution >= 0.6 is 11.6 Å². The standard InChI is InChI=1S/C19H20ClNO.ClH/c1-3-9-21(2)17-10-14-11-18(22)16(20)12-15(14)19(17)13-7-5-4-6-8-13;/h3-8,11-12,17,19,22H,1,9-10H2,2H3;1H/t17-,19-;/m1./s1. The Bertz CT molecular complexity index is 687. The summed E-state index contributed by atoms with van der Waals surface area (Å²) in [6.45, 7) is 4.78. The van der Waals surface area contributed by atoms with Gasteiger partial charge in [-0.25, -0.2) is 0 Å². The summed E-state index contributed by atoms with van der Waals surface area (Å²) in [6, 6.07) is 14.7. The zero-order chi connectivity index (χ0) is 15.7. The average Bonchev–Trinajstić information content (AvgIpc) is 2.87. The number of phenolic OH excluding ortho intramolecular Hbond substituents is 1. The van der Waals surface area contributed by atoms with E-state index in [1.54, 1.807) is 0 Å². The molecule has 0 aromatic heterocycles. The second kappa shape index (κ2) is 7.39. The molecule has 4 heteroatoms. The van der Waals surface area contributed by atoms with Gasteiger partial charge in [-0.1, -0.05) is 48.5 Å². The van der Waals surface area contributed by atoms with E-state index in [4.69, 9.17) is 11.6 Å². The van der Waals surface area contributed by atoms with Crippen LogP contribution < -0.4 is 17.3 Å². The van der Waals surface area contributed by atoms with Crippen LogP contribution in [0.15, 0.2) is 55.1 Å². The van der Waals surface area contributed by atoms with Gasteiger partial charge in [0.2, 0.25) is 0 Å². The molecule has 1 aliphatic carbocycles. The number of aromatic hydroxyl groups is 1. The van der Waals surface area contributed by atoms with Gasteiger partial charge in [0.05, 0.1) is 24.5 Å². The topological polar surface area (TPSA) is 24.7 Å². The molecule has 3 rings (SSSR count). The normalized spacial score (nSPS) is 20.4. The molecular weight excluding hydrogens is 329 g/mol. The summed E-state index contributed by atoms with van der Waals surface area (Å²) in [4.78, 5) is 1.43. The van der Waals surface area contributed by atoms with Gasteiger partial charge in [0.25, 0.3) is 0 Å². The predicted octanol–water partition coefficient (Wildman–Crippen LogP) is -0.193. The molecule has 122 valence electrons. The number of fused-ring (bicyclic) bond motifs is 1. The van der Waals surface area contributed by atoms with E-state index in [1.807, 2.05) is 24.3 Å². The summed E-state index contributed by atoms with van der Waals surface area (Å²) in [6.07, 6.45) is 2.91. The number of phenols is 1. The van der Waals surface area contributed by atoms with Gasteiger partial charge in [-0.2, -0.15) is 0 Å². The molecule has 1 aliphatic rings. The van der Waals surface area contributed by atoms with Crippen LogP contribution in [0.25, 0.3) is 0 Å². The highest BCUT2D eigenvalue weighted by Gasteiger charge is 2.39. The Labute approximate surface area is 148 Å². The van der Waals surface area contributed by atoms with E-state index < -0.39 is 0 Å². The van der Waals surface area contributed by atoms with E-state index in [9.17, 15) is 5.11 Å². The lowest BCUT2D eigenvalue weighted by Crippen LogP contribution is -3.13. The molecule has 0 saturated carbocycles. The highest BCUT2D eigenvalue weighted by Crippen LogP contribution is 2.41. The van der Waals surface area contributed by atoms with Crippen LogP contribution in [0, 0.1) is 0 Å². The lowest BCUT2D eigenvalue weighted by Gasteiger charge is -2.26. The minimum atomic E-state index is 0. The van der Waals surface area contributed by atoms with Crippen LogP contribution in [0.5, 0.6) is 5.75 Å². The number of nitrogens with one attached hydrogen (secondary N) is 1. The van der Waals surface area contributed by atoms with Gasteiger partial charge in [-0.15, -0.1) is 0 Å². The molecule has 2 nitrogen and oxygen atoms in total. The summed E-state index contributed by atoms with van der Waals surface area (Å²) < 4.78 is 0. The lowest BCUT2D eigenvalue weighted by molar-refractivity contribution is -0.900. The van der Waals surface area contributed by atoms with Crippen LogP contribution in [0.2, 0.25) is 5.02 Å². The lowest BCUT2D eigenvalue weighted by atomic mass is 9.89. The Morgan fingerprint density at radius 1 is 1.30 bits per heavy atom. The summed E-state index contributed by atoms with van der Waals surface area (Å²) in [5, 5.41) is 10.3. The van der Waals surface area contributed by atoms with Crippen LogP contribution in [0.3, 0.4) is 0 Å². The number of hydrogen-bond acceptors (Lipinski definition) is 1. The minimum absolute atomic E-state index is 0. The van der Waals surface area contributed by atoms with E-state index in [-0.39, 0.29) is 18.2 Å². The zero-order valence-corrected chi connectivity index (χ0v) is 14.6. The first-order valence-corrected chi connectivity index (χ1v) is 7.99. The first-order valence-electron chi connectivity index (χ1n) is 7.61. The summed E-state index contributed by atoms with van der Waals surface area (Å²) in [5.74, 6) is 0.475. The van der Waals surface area contributed by atoms with Crippen molar-refractivity contribution in [2.75, 3.05) is 13.6 Å². The molecule has 0 saturated heterocycles. The van der Waals surface area contributed by atoms with Gasteiger partial charge in [0, 0.05) is 6.42 Å². The van der Waals surface area contributed by atoms with Crippen molar-refractivity contribution in [1.82, 2.24) is 0 Å². The molecule has 2 aromatic carbocycles. The average molecular weight is 350 g/mol. The van der Waals surface area contributed by atoms with E-state index in [1.165, 1.54) is 21.6 Å². The van der Waals surface area contributed by atoms with Crippen molar-refractivity contribution >= 4 is 11.6 Å². The van der Waals surface area contributed by atoms with E-state index in [0.717, 1.165) is 13.0 Å². The summed E-state index contributed by atoms with van der Waals surface area (Å²) in [5.41, 5.74) is 3.74. The molecule has 0 amide bonds. The van der Waals surface area contributed by atoms with Gasteiger partial charge in [0.15, 0.2) is 0 Å². The van der Waals surface area contributed by atoms with Gasteiger partial charge in [0.1, 0.15) is 11.8 Å². The third kappa shape index (κ3) is 3.40. The Morgan fingerprint density at radius 2 is 2.00 bits per heavy atom. The smallest absolute Gasteiger partial charge is 0.134 e. The molecule has 0 radical (unpaired) electrons. The molecule has 0 spiro atoms. The third-order valence-corrected chi connectivity index (χ3v) is 4.95. The fourth-order valence-electron chi connectivity index (χ4n) is 3.57. The fourth-order valence-corrected chi connectivity index (χ4v) is 3.74. The molecule has 2 N–H and O–H groups in total. The zero-order valence-electron chi connectivity index (χ0n) is 13.1. The maximum atomic E-state index is 9.91. The van der Waals surface area contributed by atoms with E-state index in [0.29, 0.717) is 17.0 Å². The maximum Gasteiger partial charge on any atom is 0.134 e. The summed E-state index contributed by atoms with van der Waals surface area (Å²) in [7, 11) is 2.20. The third-order valence-electron chi connectivity index (χ3n) is 4.64. The molecule has 3 atom stereocenters. The van der Waals surface area contributed by atoms with Gasteiger partial charge < -0.3 is 22.4 Å². The largest absolute Gasteiger partial charge is 1.00 e. The second-order valence-corrected chi connectivity index (χ2v) is 6.45. The number of benzene rings is 2. The van der Waals surface area contributed by atoms with E-state index >= 15 is 0 Å². The minimum Gasteiger partial charge on any atom is -1.00 e. The van der Waals surface area contributed by atoms with Crippen molar-refractivity contribution in [2.45, 2.75) is 18.4 Å². The number of rotatable bonds is 4. The number of likely N-dealkylation sites (N-methyl/N-ethyl adjacent to an activating group) is 1. The highest BCUT2D eigenvalue weighted by molar-refractivity contribution is 6.32. The van der Waals surface area contributed by atoms with Crippen LogP contribution in [-0.4, -0.2) is 24.7 Å². The molecule has 2 aromatic rings. The van der Waals surface area contributed by atoms with Crippen LogP contribution in [-0.2, 0) is 6.42 Å². The Balaban J connectivity index is 0.00000192. The molecule has 0 heterocycles. The Morgan fingerprint density at radius 3 is 2.65 bits per heavy atom. The molecule has 0 aliphatic heterocycles. The van der Waals surface area contributed by atoms with Crippen LogP contribution in [0.4, 0.5) is 0 Å². The van der Waals surface area contributed by atoms with Gasteiger partial charge in [-0.3, -0.25) is 0 Å². The van der Waals surface area contributed by atoms with Crippen LogP contribution in [0.1, 0.15) is 22.6 Å². The maximum absolute atomic E-state index is 9.91. The van der Waals surface area contributed by atoms with E-state index in [2.05, 4.69) is 37.9 Å². The highest BCUT2D eigenvalue weighted by atomic mass is 35.5. The van der Waals surface area contributed by atoms with Crippen molar-refractivity contribution in [3.8, 4) is 5.75 Å². The first-order chi connectivity index (χ1) is 10.6. The van der Waals surface area contributed by atoms with Crippen molar-refractivity contribution in [1.29, 1.82) is 0 Å². The molecule has 23 heavy (non-hydrogen) atoms. The molecular formula is C19H21Cl2NO. The Hall–Kier alpha value is -1.48. The Kier molecular flexibility index (Phi) is 5.74.